The van der Waals surface area contributed by atoms with Crippen LogP contribution in [-0.4, -0.2) is 36.7 Å². The molecule has 1 unspecified atom stereocenters. The summed E-state index contributed by atoms with van der Waals surface area (Å²) in [7, 11) is 0. The maximum absolute atomic E-state index is 13.3. The van der Waals surface area contributed by atoms with Crippen LogP contribution in [0.4, 0.5) is 5.69 Å². The zero-order chi connectivity index (χ0) is 22.9. The summed E-state index contributed by atoms with van der Waals surface area (Å²) in [4.78, 5) is 33.5. The van der Waals surface area contributed by atoms with Gasteiger partial charge in [0, 0.05) is 42.5 Å². The minimum Gasteiger partial charge on any atom is -0.460 e. The molecule has 1 heterocycles. The second kappa shape index (κ2) is 8.97. The summed E-state index contributed by atoms with van der Waals surface area (Å²) in [5, 5.41) is 0. The molecule has 3 rings (SSSR count). The average molecular weight is 425 g/mol. The van der Waals surface area contributed by atoms with Crippen molar-refractivity contribution in [1.29, 1.82) is 0 Å². The maximum atomic E-state index is 13.3. The molecule has 31 heavy (non-hydrogen) atoms. The van der Waals surface area contributed by atoms with Crippen LogP contribution in [0.3, 0.4) is 0 Å². The first-order valence-electron chi connectivity index (χ1n) is 11.4. The number of ketones is 1. The predicted octanol–water partition coefficient (Wildman–Crippen LogP) is 5.30. The lowest BCUT2D eigenvalue weighted by Gasteiger charge is -2.41. The molecule has 0 bridgehead atoms. The van der Waals surface area contributed by atoms with Gasteiger partial charge in [-0.1, -0.05) is 26.0 Å². The lowest BCUT2D eigenvalue weighted by molar-refractivity contribution is -0.143. The Bertz CT molecular complexity index is 905. The van der Waals surface area contributed by atoms with Crippen LogP contribution in [0.5, 0.6) is 0 Å². The maximum Gasteiger partial charge on any atom is 0.336 e. The molecule has 2 atom stereocenters. The van der Waals surface area contributed by atoms with Crippen molar-refractivity contribution in [2.75, 3.05) is 18.0 Å². The van der Waals surface area contributed by atoms with Crippen LogP contribution >= 0.6 is 0 Å². The number of Topliss-reactive ketones (excluding diaryl/α,β-unsaturated/α-hetero) is 1. The number of benzene rings is 1. The molecule has 1 aromatic carbocycles. The highest BCUT2D eigenvalue weighted by Gasteiger charge is 2.47. The fourth-order valence-corrected chi connectivity index (χ4v) is 4.98. The van der Waals surface area contributed by atoms with Crippen LogP contribution < -0.4 is 4.90 Å². The van der Waals surface area contributed by atoms with Crippen LogP contribution in [0.25, 0.3) is 0 Å². The van der Waals surface area contributed by atoms with Crippen molar-refractivity contribution in [2.24, 2.45) is 16.3 Å². The van der Waals surface area contributed by atoms with E-state index in [1.54, 1.807) is 0 Å². The van der Waals surface area contributed by atoms with E-state index in [0.717, 1.165) is 36.5 Å². The van der Waals surface area contributed by atoms with E-state index in [0.29, 0.717) is 17.7 Å². The van der Waals surface area contributed by atoms with Crippen molar-refractivity contribution >= 4 is 23.2 Å². The lowest BCUT2D eigenvalue weighted by Crippen LogP contribution is -2.44. The first kappa shape index (κ1) is 23.2. The standard InChI is InChI=1S/C26H36N2O3/c1-8-28(9-2)19-12-10-18(11-13-19)23-22(25(30)31-16(3)4)17(5)27-20-14-26(6,7)15-21(29)24(20)23/h10-13,16,23-24H,8-9,14-15H2,1-7H3/t23-,24?/m0/s1. The molecule has 0 aromatic heterocycles. The van der Waals surface area contributed by atoms with Gasteiger partial charge in [-0.25, -0.2) is 4.79 Å². The smallest absolute Gasteiger partial charge is 0.336 e. The second-order valence-electron chi connectivity index (χ2n) is 9.76. The van der Waals surface area contributed by atoms with E-state index in [1.807, 2.05) is 20.8 Å². The third-order valence-corrected chi connectivity index (χ3v) is 6.31. The number of anilines is 1. The number of ether oxygens (including phenoxy) is 1. The van der Waals surface area contributed by atoms with E-state index < -0.39 is 5.92 Å². The number of carbonyl (C=O) groups is 2. The molecule has 2 aliphatic rings. The van der Waals surface area contributed by atoms with Gasteiger partial charge < -0.3 is 9.64 Å². The van der Waals surface area contributed by atoms with Gasteiger partial charge in [0.15, 0.2) is 0 Å². The minimum absolute atomic E-state index is 0.111. The van der Waals surface area contributed by atoms with Crippen LogP contribution in [0.1, 0.15) is 72.8 Å². The molecule has 0 spiro atoms. The number of rotatable bonds is 6. The number of allylic oxidation sites excluding steroid dienone is 1. The molecule has 0 radical (unpaired) electrons. The molecule has 168 valence electrons. The molecule has 0 amide bonds. The van der Waals surface area contributed by atoms with Crippen molar-refractivity contribution in [2.45, 2.75) is 73.3 Å². The van der Waals surface area contributed by atoms with E-state index in [9.17, 15) is 9.59 Å². The summed E-state index contributed by atoms with van der Waals surface area (Å²) in [5.41, 5.74) is 4.08. The van der Waals surface area contributed by atoms with Gasteiger partial charge in [0.2, 0.25) is 0 Å². The normalized spacial score (nSPS) is 22.8. The van der Waals surface area contributed by atoms with Crippen molar-refractivity contribution < 1.29 is 14.3 Å². The summed E-state index contributed by atoms with van der Waals surface area (Å²) in [6.07, 6.45) is 1.03. The summed E-state index contributed by atoms with van der Waals surface area (Å²) in [5.74, 6) is -0.959. The van der Waals surface area contributed by atoms with Gasteiger partial charge in [-0.2, -0.15) is 0 Å². The Morgan fingerprint density at radius 2 is 1.74 bits per heavy atom. The number of fused-ring (bicyclic) bond motifs is 1. The molecule has 5 nitrogen and oxygen atoms in total. The summed E-state index contributed by atoms with van der Waals surface area (Å²) < 4.78 is 5.58. The van der Waals surface area contributed by atoms with Gasteiger partial charge in [0.05, 0.1) is 17.6 Å². The molecular formula is C26H36N2O3. The van der Waals surface area contributed by atoms with E-state index in [4.69, 9.17) is 9.73 Å². The fraction of sp³-hybridized carbons (Fsp3) is 0.577. The van der Waals surface area contributed by atoms with Gasteiger partial charge in [0.25, 0.3) is 0 Å². The number of esters is 1. The zero-order valence-corrected chi connectivity index (χ0v) is 20.0. The van der Waals surface area contributed by atoms with Crippen LogP contribution in [-0.2, 0) is 14.3 Å². The Kier molecular flexibility index (Phi) is 6.73. The number of carbonyl (C=O) groups excluding carboxylic acids is 2. The van der Waals surface area contributed by atoms with Crippen molar-refractivity contribution in [3.8, 4) is 0 Å². The van der Waals surface area contributed by atoms with E-state index in [-0.39, 0.29) is 29.2 Å². The molecule has 1 saturated carbocycles. The van der Waals surface area contributed by atoms with Gasteiger partial charge in [-0.05, 0) is 64.2 Å². The Morgan fingerprint density at radius 3 is 2.29 bits per heavy atom. The highest BCUT2D eigenvalue weighted by Crippen LogP contribution is 2.47. The molecule has 0 saturated heterocycles. The Morgan fingerprint density at radius 1 is 1.13 bits per heavy atom. The summed E-state index contributed by atoms with van der Waals surface area (Å²) in [6.45, 7) is 15.9. The lowest BCUT2D eigenvalue weighted by atomic mass is 9.63. The van der Waals surface area contributed by atoms with Crippen LogP contribution in [0.15, 0.2) is 40.5 Å². The summed E-state index contributed by atoms with van der Waals surface area (Å²) in [6, 6.07) is 8.30. The summed E-state index contributed by atoms with van der Waals surface area (Å²) >= 11 is 0. The SMILES string of the molecule is CCN(CC)c1ccc([C@H]2C(C(=O)OC(C)C)=C(C)N=C3CC(C)(C)CC(=O)C32)cc1. The monoisotopic (exact) mass is 424 g/mol. The Balaban J connectivity index is 2.10. The topological polar surface area (TPSA) is 59.0 Å². The number of nitrogens with zero attached hydrogens (tertiary/aromatic N) is 2. The minimum atomic E-state index is -0.397. The van der Waals surface area contributed by atoms with Gasteiger partial charge in [0.1, 0.15) is 5.78 Å². The first-order valence-corrected chi connectivity index (χ1v) is 11.4. The third-order valence-electron chi connectivity index (χ3n) is 6.31. The highest BCUT2D eigenvalue weighted by molar-refractivity contribution is 6.12. The van der Waals surface area contributed by atoms with Gasteiger partial charge >= 0.3 is 5.97 Å². The molecule has 1 fully saturated rings. The molecule has 0 N–H and O–H groups in total. The zero-order valence-electron chi connectivity index (χ0n) is 20.0. The average Bonchev–Trinajstić information content (AvgIpc) is 2.66. The largest absolute Gasteiger partial charge is 0.460 e. The van der Waals surface area contributed by atoms with Crippen molar-refractivity contribution in [3.63, 3.8) is 0 Å². The molecule has 1 aliphatic heterocycles. The molecule has 1 aromatic rings. The number of hydrogen-bond donors (Lipinski definition) is 0. The van der Waals surface area contributed by atoms with Crippen LogP contribution in [0, 0.1) is 11.3 Å². The molecule has 5 heteroatoms. The van der Waals surface area contributed by atoms with Gasteiger partial charge in [-0.15, -0.1) is 0 Å². The van der Waals surface area contributed by atoms with Gasteiger partial charge in [-0.3, -0.25) is 9.79 Å². The predicted molar refractivity (Wildman–Crippen MR) is 126 cm³/mol. The third kappa shape index (κ3) is 4.76. The van der Waals surface area contributed by atoms with E-state index in [2.05, 4.69) is 56.9 Å². The molecular weight excluding hydrogens is 388 g/mol. The van der Waals surface area contributed by atoms with Crippen LogP contribution in [0.2, 0.25) is 0 Å². The second-order valence-corrected chi connectivity index (χ2v) is 9.76. The van der Waals surface area contributed by atoms with Crippen molar-refractivity contribution in [3.05, 3.63) is 41.1 Å². The highest BCUT2D eigenvalue weighted by atomic mass is 16.5. The quantitative estimate of drug-likeness (QED) is 0.581. The number of hydrogen-bond acceptors (Lipinski definition) is 5. The Hall–Kier alpha value is -2.43. The Labute approximate surface area is 186 Å². The first-order chi connectivity index (χ1) is 14.6. The van der Waals surface area contributed by atoms with Crippen molar-refractivity contribution in [1.82, 2.24) is 0 Å². The molecule has 1 aliphatic carbocycles. The number of aliphatic imine (C=N–C) groups is 1. The fourth-order valence-electron chi connectivity index (χ4n) is 4.98. The van der Waals surface area contributed by atoms with E-state index >= 15 is 0 Å². The van der Waals surface area contributed by atoms with E-state index in [1.165, 1.54) is 0 Å².